The first-order valence-electron chi connectivity index (χ1n) is 11.1. The van der Waals surface area contributed by atoms with Crippen molar-refractivity contribution < 1.29 is 18.0 Å². The lowest BCUT2D eigenvalue weighted by atomic mass is 9.97. The Morgan fingerprint density at radius 1 is 0.912 bits per heavy atom. The summed E-state index contributed by atoms with van der Waals surface area (Å²) in [4.78, 5) is 26.0. The Labute approximate surface area is 203 Å². The van der Waals surface area contributed by atoms with Gasteiger partial charge in [0.25, 0.3) is 5.91 Å². The summed E-state index contributed by atoms with van der Waals surface area (Å²) in [5.74, 6) is -0.628. The summed E-state index contributed by atoms with van der Waals surface area (Å²) in [6.45, 7) is 4.44. The number of hydrogen-bond donors (Lipinski definition) is 2. The van der Waals surface area contributed by atoms with Crippen molar-refractivity contribution in [1.29, 1.82) is 0 Å². The van der Waals surface area contributed by atoms with Crippen molar-refractivity contribution in [2.75, 3.05) is 23.7 Å². The normalized spacial score (nSPS) is 15.1. The minimum Gasteiger partial charge on any atom is -0.326 e. The van der Waals surface area contributed by atoms with E-state index < -0.39 is 10.0 Å². The van der Waals surface area contributed by atoms with E-state index in [-0.39, 0.29) is 17.7 Å². The van der Waals surface area contributed by atoms with Gasteiger partial charge in [0.15, 0.2) is 0 Å². The SMILES string of the molecule is Cc1ccc(S(=O)(=O)N2CCC(C(=O)Nc3cccc(NC(=O)c4cccs4)c3)CC2)cc1C. The second-order valence-corrected chi connectivity index (χ2v) is 11.3. The zero-order valence-electron chi connectivity index (χ0n) is 19.1. The molecule has 9 heteroatoms. The van der Waals surface area contributed by atoms with Crippen molar-refractivity contribution in [3.63, 3.8) is 0 Å². The Kier molecular flexibility index (Phi) is 7.16. The van der Waals surface area contributed by atoms with Gasteiger partial charge in [0.1, 0.15) is 0 Å². The molecule has 34 heavy (non-hydrogen) atoms. The minimum atomic E-state index is -3.58. The Hall–Kier alpha value is -3.01. The molecule has 0 spiro atoms. The Balaban J connectivity index is 1.35. The van der Waals surface area contributed by atoms with Gasteiger partial charge in [0.2, 0.25) is 15.9 Å². The van der Waals surface area contributed by atoms with E-state index in [0.29, 0.717) is 47.1 Å². The van der Waals surface area contributed by atoms with Crippen molar-refractivity contribution in [3.05, 3.63) is 76.0 Å². The van der Waals surface area contributed by atoms with Gasteiger partial charge in [-0.25, -0.2) is 8.42 Å². The standard InChI is InChI=1S/C25H27N3O4S2/c1-17-8-9-22(15-18(17)2)34(31,32)28-12-10-19(11-13-28)24(29)26-20-5-3-6-21(16-20)27-25(30)23-7-4-14-33-23/h3-9,14-16,19H,10-13H2,1-2H3,(H,26,29)(H,27,30). The highest BCUT2D eigenvalue weighted by atomic mass is 32.2. The van der Waals surface area contributed by atoms with Crippen LogP contribution in [0.3, 0.4) is 0 Å². The van der Waals surface area contributed by atoms with Crippen LogP contribution >= 0.6 is 11.3 Å². The average Bonchev–Trinajstić information content (AvgIpc) is 3.36. The van der Waals surface area contributed by atoms with Crippen LogP contribution in [-0.4, -0.2) is 37.6 Å². The molecular formula is C25H27N3O4S2. The third-order valence-corrected chi connectivity index (χ3v) is 8.84. The number of benzene rings is 2. The molecule has 7 nitrogen and oxygen atoms in total. The average molecular weight is 498 g/mol. The molecule has 1 aliphatic heterocycles. The molecule has 4 rings (SSSR count). The quantitative estimate of drug-likeness (QED) is 0.518. The number of hydrogen-bond acceptors (Lipinski definition) is 5. The van der Waals surface area contributed by atoms with E-state index in [1.54, 1.807) is 42.5 Å². The Bertz CT molecular complexity index is 1300. The molecule has 178 valence electrons. The van der Waals surface area contributed by atoms with Crippen LogP contribution in [0.5, 0.6) is 0 Å². The summed E-state index contributed by atoms with van der Waals surface area (Å²) in [6.07, 6.45) is 0.898. The first-order chi connectivity index (χ1) is 16.2. The monoisotopic (exact) mass is 497 g/mol. The second-order valence-electron chi connectivity index (χ2n) is 8.43. The topological polar surface area (TPSA) is 95.6 Å². The lowest BCUT2D eigenvalue weighted by Crippen LogP contribution is -2.41. The predicted molar refractivity (Wildman–Crippen MR) is 135 cm³/mol. The molecule has 0 atom stereocenters. The molecule has 1 aromatic heterocycles. The molecule has 0 bridgehead atoms. The van der Waals surface area contributed by atoms with E-state index in [9.17, 15) is 18.0 Å². The van der Waals surface area contributed by atoms with Gasteiger partial charge in [-0.2, -0.15) is 4.31 Å². The highest BCUT2D eigenvalue weighted by Crippen LogP contribution is 2.26. The van der Waals surface area contributed by atoms with Gasteiger partial charge in [-0.1, -0.05) is 18.2 Å². The maximum absolute atomic E-state index is 13.0. The summed E-state index contributed by atoms with van der Waals surface area (Å²) in [5.41, 5.74) is 3.15. The summed E-state index contributed by atoms with van der Waals surface area (Å²) in [6, 6.07) is 15.7. The van der Waals surface area contributed by atoms with E-state index >= 15 is 0 Å². The van der Waals surface area contributed by atoms with Gasteiger partial charge in [0.05, 0.1) is 9.77 Å². The predicted octanol–water partition coefficient (Wildman–Crippen LogP) is 4.66. The summed E-state index contributed by atoms with van der Waals surface area (Å²) in [7, 11) is -3.58. The summed E-state index contributed by atoms with van der Waals surface area (Å²) < 4.78 is 27.5. The van der Waals surface area contributed by atoms with Crippen LogP contribution in [0, 0.1) is 19.8 Å². The molecule has 1 aliphatic rings. The fraction of sp³-hybridized carbons (Fsp3) is 0.280. The first kappa shape index (κ1) is 24.1. The molecule has 0 aliphatic carbocycles. The Morgan fingerprint density at radius 3 is 2.26 bits per heavy atom. The fourth-order valence-corrected chi connectivity index (χ4v) is 6.08. The minimum absolute atomic E-state index is 0.148. The van der Waals surface area contributed by atoms with Gasteiger partial charge in [-0.3, -0.25) is 9.59 Å². The molecule has 2 amide bonds. The van der Waals surface area contributed by atoms with E-state index in [0.717, 1.165) is 11.1 Å². The maximum atomic E-state index is 13.0. The number of anilines is 2. The molecule has 1 fully saturated rings. The highest BCUT2D eigenvalue weighted by Gasteiger charge is 2.32. The number of carbonyl (C=O) groups excluding carboxylic acids is 2. The largest absolute Gasteiger partial charge is 0.326 e. The molecule has 2 heterocycles. The summed E-state index contributed by atoms with van der Waals surface area (Å²) in [5, 5.41) is 7.57. The maximum Gasteiger partial charge on any atom is 0.265 e. The zero-order chi connectivity index (χ0) is 24.3. The third kappa shape index (κ3) is 5.38. The van der Waals surface area contributed by atoms with Gasteiger partial charge >= 0.3 is 0 Å². The summed E-state index contributed by atoms with van der Waals surface area (Å²) >= 11 is 1.36. The van der Waals surface area contributed by atoms with Crippen LogP contribution in [0.15, 0.2) is 64.9 Å². The lowest BCUT2D eigenvalue weighted by molar-refractivity contribution is -0.120. The van der Waals surface area contributed by atoms with Crippen molar-refractivity contribution in [1.82, 2.24) is 4.31 Å². The number of thiophene rings is 1. The number of amides is 2. The van der Waals surface area contributed by atoms with Crippen molar-refractivity contribution in [2.24, 2.45) is 5.92 Å². The first-order valence-corrected chi connectivity index (χ1v) is 13.4. The molecule has 3 aromatic rings. The van der Waals surface area contributed by atoms with Crippen molar-refractivity contribution in [2.45, 2.75) is 31.6 Å². The van der Waals surface area contributed by atoms with Gasteiger partial charge in [0, 0.05) is 30.4 Å². The number of nitrogens with one attached hydrogen (secondary N) is 2. The van der Waals surface area contributed by atoms with Crippen LogP contribution in [0.1, 0.15) is 33.6 Å². The van der Waals surface area contributed by atoms with E-state index in [1.165, 1.54) is 15.6 Å². The molecule has 0 saturated carbocycles. The number of sulfonamides is 1. The van der Waals surface area contributed by atoms with Crippen LogP contribution in [0.25, 0.3) is 0 Å². The molecule has 2 N–H and O–H groups in total. The van der Waals surface area contributed by atoms with Gasteiger partial charge < -0.3 is 10.6 Å². The van der Waals surface area contributed by atoms with Gasteiger partial charge in [-0.15, -0.1) is 11.3 Å². The molecule has 0 radical (unpaired) electrons. The number of piperidine rings is 1. The third-order valence-electron chi connectivity index (χ3n) is 6.07. The van der Waals surface area contributed by atoms with E-state index in [4.69, 9.17) is 0 Å². The van der Waals surface area contributed by atoms with Crippen molar-refractivity contribution >= 4 is 44.5 Å². The second kappa shape index (κ2) is 10.1. The Morgan fingerprint density at radius 2 is 1.62 bits per heavy atom. The zero-order valence-corrected chi connectivity index (χ0v) is 20.7. The van der Waals surface area contributed by atoms with Crippen LogP contribution in [0.4, 0.5) is 11.4 Å². The smallest absolute Gasteiger partial charge is 0.265 e. The van der Waals surface area contributed by atoms with E-state index in [1.807, 2.05) is 31.4 Å². The van der Waals surface area contributed by atoms with Crippen molar-refractivity contribution in [3.8, 4) is 0 Å². The number of rotatable bonds is 6. The van der Waals surface area contributed by atoms with Gasteiger partial charge in [-0.05, 0) is 79.6 Å². The fourth-order valence-electron chi connectivity index (χ4n) is 3.90. The number of nitrogens with zero attached hydrogens (tertiary/aromatic N) is 1. The highest BCUT2D eigenvalue weighted by molar-refractivity contribution is 7.89. The van der Waals surface area contributed by atoms with E-state index in [2.05, 4.69) is 10.6 Å². The molecule has 0 unspecified atom stereocenters. The molecule has 2 aromatic carbocycles. The van der Waals surface area contributed by atoms with Crippen LogP contribution in [0.2, 0.25) is 0 Å². The van der Waals surface area contributed by atoms with Crippen LogP contribution in [-0.2, 0) is 14.8 Å². The lowest BCUT2D eigenvalue weighted by Gasteiger charge is -2.30. The molecular weight excluding hydrogens is 470 g/mol. The number of carbonyl (C=O) groups is 2. The van der Waals surface area contributed by atoms with Crippen LogP contribution < -0.4 is 10.6 Å². The molecule has 1 saturated heterocycles. The number of aryl methyl sites for hydroxylation is 2.